The van der Waals surface area contributed by atoms with Gasteiger partial charge in [0.05, 0.1) is 0 Å². The van der Waals surface area contributed by atoms with Crippen LogP contribution in [-0.2, 0) is 24.2 Å². The Morgan fingerprint density at radius 1 is 1.30 bits per heavy atom. The Kier molecular flexibility index (Phi) is 3.72. The minimum atomic E-state index is -2.55. The van der Waals surface area contributed by atoms with Crippen LogP contribution >= 0.6 is 0 Å². The lowest BCUT2D eigenvalue weighted by molar-refractivity contribution is -0.122. The first-order chi connectivity index (χ1) is 9.65. The maximum atomic E-state index is 12.9. The van der Waals surface area contributed by atoms with Crippen molar-refractivity contribution in [2.75, 3.05) is 0 Å². The molecular formula is C14H19F2N3O. The van der Waals surface area contributed by atoms with Crippen LogP contribution in [0.25, 0.3) is 0 Å². The van der Waals surface area contributed by atoms with Crippen molar-refractivity contribution in [2.45, 2.75) is 64.0 Å². The number of aromatic nitrogens is 2. The van der Waals surface area contributed by atoms with Crippen molar-refractivity contribution in [2.24, 2.45) is 0 Å². The number of amides is 1. The highest BCUT2D eigenvalue weighted by Crippen LogP contribution is 2.31. The molecule has 0 aliphatic heterocycles. The van der Waals surface area contributed by atoms with Crippen molar-refractivity contribution in [3.8, 4) is 0 Å². The van der Waals surface area contributed by atoms with Crippen molar-refractivity contribution in [1.82, 2.24) is 15.1 Å². The first-order valence-electron chi connectivity index (χ1n) is 7.31. The van der Waals surface area contributed by atoms with Gasteiger partial charge in [-0.15, -0.1) is 0 Å². The van der Waals surface area contributed by atoms with E-state index in [-0.39, 0.29) is 24.2 Å². The third-order valence-corrected chi connectivity index (χ3v) is 4.26. The lowest BCUT2D eigenvalue weighted by Crippen LogP contribution is -2.35. The molecule has 3 rings (SSSR count). The SMILES string of the molecule is O=C(Cn1nc(C(F)F)c2c1CCC2)NC1CCCC1. The molecule has 2 aliphatic rings. The first-order valence-corrected chi connectivity index (χ1v) is 7.31. The smallest absolute Gasteiger partial charge is 0.282 e. The topological polar surface area (TPSA) is 46.9 Å². The molecule has 0 spiro atoms. The second-order valence-electron chi connectivity index (χ2n) is 5.67. The van der Waals surface area contributed by atoms with Gasteiger partial charge in [-0.05, 0) is 32.1 Å². The number of hydrogen-bond donors (Lipinski definition) is 1. The summed E-state index contributed by atoms with van der Waals surface area (Å²) in [6.45, 7) is 0.0611. The number of fused-ring (bicyclic) bond motifs is 1. The zero-order valence-electron chi connectivity index (χ0n) is 11.4. The maximum absolute atomic E-state index is 12.9. The van der Waals surface area contributed by atoms with Gasteiger partial charge in [0, 0.05) is 17.3 Å². The fourth-order valence-corrected chi connectivity index (χ4v) is 3.32. The number of hydrogen-bond acceptors (Lipinski definition) is 2. The molecular weight excluding hydrogens is 264 g/mol. The highest BCUT2D eigenvalue weighted by Gasteiger charge is 2.28. The Balaban J connectivity index is 1.70. The third-order valence-electron chi connectivity index (χ3n) is 4.26. The van der Waals surface area contributed by atoms with Crippen molar-refractivity contribution in [1.29, 1.82) is 0 Å². The highest BCUT2D eigenvalue weighted by atomic mass is 19.3. The van der Waals surface area contributed by atoms with Crippen LogP contribution in [0.15, 0.2) is 0 Å². The Labute approximate surface area is 116 Å². The molecule has 0 bridgehead atoms. The number of rotatable bonds is 4. The molecule has 0 atom stereocenters. The summed E-state index contributed by atoms with van der Waals surface area (Å²) >= 11 is 0. The molecule has 6 heteroatoms. The maximum Gasteiger partial charge on any atom is 0.282 e. The van der Waals surface area contributed by atoms with Crippen LogP contribution in [0.5, 0.6) is 0 Å². The molecule has 1 saturated carbocycles. The Hall–Kier alpha value is -1.46. The van der Waals surface area contributed by atoms with Gasteiger partial charge in [0.15, 0.2) is 0 Å². The summed E-state index contributed by atoms with van der Waals surface area (Å²) in [5, 5.41) is 6.92. The number of nitrogens with one attached hydrogen (secondary N) is 1. The molecule has 0 aromatic carbocycles. The average molecular weight is 283 g/mol. The lowest BCUT2D eigenvalue weighted by atomic mass is 10.2. The van der Waals surface area contributed by atoms with Crippen LogP contribution in [-0.4, -0.2) is 21.7 Å². The summed E-state index contributed by atoms with van der Waals surface area (Å²) < 4.78 is 27.3. The zero-order chi connectivity index (χ0) is 14.1. The summed E-state index contributed by atoms with van der Waals surface area (Å²) in [5.74, 6) is -0.116. The largest absolute Gasteiger partial charge is 0.352 e. The van der Waals surface area contributed by atoms with Crippen molar-refractivity contribution < 1.29 is 13.6 Å². The van der Waals surface area contributed by atoms with E-state index in [9.17, 15) is 13.6 Å². The van der Waals surface area contributed by atoms with Crippen LogP contribution in [0, 0.1) is 0 Å². The predicted molar refractivity (Wildman–Crippen MR) is 69.6 cm³/mol. The van der Waals surface area contributed by atoms with Gasteiger partial charge >= 0.3 is 0 Å². The standard InChI is InChI=1S/C14H19F2N3O/c15-14(16)13-10-6-3-7-11(10)19(18-13)8-12(20)17-9-4-1-2-5-9/h9,14H,1-8H2,(H,17,20). The first kappa shape index (κ1) is 13.5. The second kappa shape index (κ2) is 5.50. The van der Waals surface area contributed by atoms with Crippen LogP contribution in [0.1, 0.15) is 55.5 Å². The van der Waals surface area contributed by atoms with E-state index < -0.39 is 6.43 Å². The van der Waals surface area contributed by atoms with Gasteiger partial charge in [0.1, 0.15) is 12.2 Å². The minimum Gasteiger partial charge on any atom is -0.352 e. The third kappa shape index (κ3) is 2.55. The zero-order valence-corrected chi connectivity index (χ0v) is 11.4. The van der Waals surface area contributed by atoms with E-state index in [0.29, 0.717) is 12.0 Å². The molecule has 20 heavy (non-hydrogen) atoms. The van der Waals surface area contributed by atoms with E-state index in [1.54, 1.807) is 0 Å². The summed E-state index contributed by atoms with van der Waals surface area (Å²) in [5.41, 5.74) is 1.35. The molecule has 1 aromatic rings. The molecule has 110 valence electrons. The van der Waals surface area contributed by atoms with Crippen molar-refractivity contribution in [3.05, 3.63) is 17.0 Å². The van der Waals surface area contributed by atoms with E-state index >= 15 is 0 Å². The molecule has 4 nitrogen and oxygen atoms in total. The Morgan fingerprint density at radius 2 is 2.05 bits per heavy atom. The van der Waals surface area contributed by atoms with Gasteiger partial charge in [-0.2, -0.15) is 5.10 Å². The van der Waals surface area contributed by atoms with Crippen molar-refractivity contribution >= 4 is 5.91 Å². The van der Waals surface area contributed by atoms with Gasteiger partial charge in [0.25, 0.3) is 6.43 Å². The average Bonchev–Trinajstić information content (AvgIpc) is 3.07. The molecule has 0 unspecified atom stereocenters. The number of carbonyl (C=O) groups is 1. The molecule has 1 N–H and O–H groups in total. The van der Waals surface area contributed by atoms with Crippen LogP contribution in [0.3, 0.4) is 0 Å². The van der Waals surface area contributed by atoms with Crippen LogP contribution < -0.4 is 5.32 Å². The number of nitrogens with zero attached hydrogens (tertiary/aromatic N) is 2. The number of alkyl halides is 2. The van der Waals surface area contributed by atoms with E-state index in [4.69, 9.17) is 0 Å². The number of carbonyl (C=O) groups excluding carboxylic acids is 1. The summed E-state index contributed by atoms with van der Waals surface area (Å²) in [7, 11) is 0. The normalized spacial score (nSPS) is 18.8. The summed E-state index contributed by atoms with van der Waals surface area (Å²) in [4.78, 5) is 12.0. The van der Waals surface area contributed by atoms with E-state index in [1.807, 2.05) is 0 Å². The monoisotopic (exact) mass is 283 g/mol. The fraction of sp³-hybridized carbons (Fsp3) is 0.714. The Morgan fingerprint density at radius 3 is 2.75 bits per heavy atom. The molecule has 1 fully saturated rings. The minimum absolute atomic E-state index is 0.0611. The Bertz CT molecular complexity index is 507. The van der Waals surface area contributed by atoms with Gasteiger partial charge in [-0.25, -0.2) is 8.78 Å². The van der Waals surface area contributed by atoms with E-state index in [1.165, 1.54) is 4.68 Å². The van der Waals surface area contributed by atoms with E-state index in [2.05, 4.69) is 10.4 Å². The quantitative estimate of drug-likeness (QED) is 0.922. The molecule has 1 aromatic heterocycles. The molecule has 1 heterocycles. The van der Waals surface area contributed by atoms with Crippen molar-refractivity contribution in [3.63, 3.8) is 0 Å². The van der Waals surface area contributed by atoms with Gasteiger partial charge in [-0.1, -0.05) is 12.8 Å². The molecule has 2 aliphatic carbocycles. The lowest BCUT2D eigenvalue weighted by Gasteiger charge is -2.12. The van der Waals surface area contributed by atoms with Crippen LogP contribution in [0.2, 0.25) is 0 Å². The predicted octanol–water partition coefficient (Wildman–Crippen LogP) is 2.37. The summed E-state index contributed by atoms with van der Waals surface area (Å²) in [6.07, 6.45) is 4.05. The van der Waals surface area contributed by atoms with E-state index in [0.717, 1.165) is 44.2 Å². The molecule has 0 radical (unpaired) electrons. The highest BCUT2D eigenvalue weighted by molar-refractivity contribution is 5.76. The fourth-order valence-electron chi connectivity index (χ4n) is 3.32. The molecule has 0 saturated heterocycles. The number of halogens is 2. The summed E-state index contributed by atoms with van der Waals surface area (Å²) in [6, 6.07) is 0.251. The van der Waals surface area contributed by atoms with Gasteiger partial charge < -0.3 is 5.32 Å². The van der Waals surface area contributed by atoms with Gasteiger partial charge in [0.2, 0.25) is 5.91 Å². The second-order valence-corrected chi connectivity index (χ2v) is 5.67. The van der Waals surface area contributed by atoms with Gasteiger partial charge in [-0.3, -0.25) is 9.48 Å². The molecule has 1 amide bonds. The van der Waals surface area contributed by atoms with Crippen LogP contribution in [0.4, 0.5) is 8.78 Å².